The lowest BCUT2D eigenvalue weighted by molar-refractivity contribution is 0.103. The molecule has 0 bridgehead atoms. The second kappa shape index (κ2) is 4.91. The fourth-order valence-corrected chi connectivity index (χ4v) is 2.62. The summed E-state index contributed by atoms with van der Waals surface area (Å²) in [5.41, 5.74) is 2.26. The van der Waals surface area contributed by atoms with E-state index in [1.165, 1.54) is 12.1 Å². The van der Waals surface area contributed by atoms with Crippen LogP contribution in [0, 0.1) is 12.7 Å². The fraction of sp³-hybridized carbons (Fsp3) is 0.188. The number of benzene rings is 2. The number of rotatable bonds is 2. The maximum atomic E-state index is 13.3. The van der Waals surface area contributed by atoms with Gasteiger partial charge in [-0.15, -0.1) is 0 Å². The highest BCUT2D eigenvalue weighted by Crippen LogP contribution is 2.34. The van der Waals surface area contributed by atoms with E-state index in [0.29, 0.717) is 34.1 Å². The van der Waals surface area contributed by atoms with Crippen molar-refractivity contribution in [3.8, 4) is 5.75 Å². The number of carbonyl (C=O) groups is 1. The third-order valence-corrected chi connectivity index (χ3v) is 3.63. The quantitative estimate of drug-likeness (QED) is 0.783. The van der Waals surface area contributed by atoms with Crippen LogP contribution in [0.1, 0.15) is 27.0 Å². The van der Waals surface area contributed by atoms with E-state index in [9.17, 15) is 9.18 Å². The molecule has 0 spiro atoms. The molecule has 0 radical (unpaired) electrons. The zero-order valence-electron chi connectivity index (χ0n) is 10.9. The molecular weight excluding hydrogens is 279 g/mol. The molecule has 20 heavy (non-hydrogen) atoms. The van der Waals surface area contributed by atoms with Gasteiger partial charge in [-0.05, 0) is 48.4 Å². The Hall–Kier alpha value is -1.87. The fourth-order valence-electron chi connectivity index (χ4n) is 2.38. The lowest BCUT2D eigenvalue weighted by atomic mass is 9.98. The van der Waals surface area contributed by atoms with Crippen LogP contribution in [-0.2, 0) is 6.42 Å². The number of hydrogen-bond acceptors (Lipinski definition) is 2. The molecule has 0 unspecified atom stereocenters. The maximum Gasteiger partial charge on any atom is 0.196 e. The second-order valence-corrected chi connectivity index (χ2v) is 5.27. The van der Waals surface area contributed by atoms with E-state index < -0.39 is 0 Å². The molecular formula is C16H12ClFO2. The summed E-state index contributed by atoms with van der Waals surface area (Å²) in [5, 5.41) is 0.511. The second-order valence-electron chi connectivity index (χ2n) is 4.83. The third-order valence-electron chi connectivity index (χ3n) is 3.41. The van der Waals surface area contributed by atoms with Crippen molar-refractivity contribution in [3.63, 3.8) is 0 Å². The number of aryl methyl sites for hydroxylation is 1. The van der Waals surface area contributed by atoms with E-state index in [1.54, 1.807) is 19.1 Å². The number of hydrogen-bond donors (Lipinski definition) is 0. The van der Waals surface area contributed by atoms with Crippen molar-refractivity contribution in [2.24, 2.45) is 0 Å². The van der Waals surface area contributed by atoms with Crippen LogP contribution in [0.2, 0.25) is 5.02 Å². The number of carbonyl (C=O) groups excluding carboxylic acids is 1. The van der Waals surface area contributed by atoms with Crippen LogP contribution in [0.3, 0.4) is 0 Å². The van der Waals surface area contributed by atoms with Gasteiger partial charge in [0.2, 0.25) is 0 Å². The molecule has 4 heteroatoms. The van der Waals surface area contributed by atoms with Crippen molar-refractivity contribution >= 4 is 17.4 Å². The summed E-state index contributed by atoms with van der Waals surface area (Å²) >= 11 is 6.05. The summed E-state index contributed by atoms with van der Waals surface area (Å²) in [7, 11) is 0. The molecule has 0 amide bonds. The molecule has 2 aromatic carbocycles. The average Bonchev–Trinajstić information content (AvgIpc) is 2.88. The summed E-state index contributed by atoms with van der Waals surface area (Å²) < 4.78 is 18.8. The Morgan fingerprint density at radius 1 is 1.30 bits per heavy atom. The Morgan fingerprint density at radius 3 is 2.85 bits per heavy atom. The van der Waals surface area contributed by atoms with Gasteiger partial charge in [-0.25, -0.2) is 4.39 Å². The topological polar surface area (TPSA) is 26.3 Å². The van der Waals surface area contributed by atoms with E-state index in [0.717, 1.165) is 12.0 Å². The predicted octanol–water partition coefficient (Wildman–Crippen LogP) is 3.95. The van der Waals surface area contributed by atoms with Crippen LogP contribution in [0.15, 0.2) is 30.3 Å². The smallest absolute Gasteiger partial charge is 0.196 e. The molecule has 0 aliphatic carbocycles. The van der Waals surface area contributed by atoms with Gasteiger partial charge in [-0.2, -0.15) is 0 Å². The molecule has 0 saturated carbocycles. The molecule has 0 atom stereocenters. The van der Waals surface area contributed by atoms with Crippen LogP contribution < -0.4 is 4.74 Å². The molecule has 0 N–H and O–H groups in total. The summed E-state index contributed by atoms with van der Waals surface area (Å²) in [5.74, 6) is 0.0734. The van der Waals surface area contributed by atoms with E-state index in [4.69, 9.17) is 16.3 Å². The lowest BCUT2D eigenvalue weighted by Crippen LogP contribution is -2.05. The van der Waals surface area contributed by atoms with Crippen LogP contribution in [0.5, 0.6) is 5.75 Å². The highest BCUT2D eigenvalue weighted by Gasteiger charge is 2.23. The van der Waals surface area contributed by atoms with E-state index in [-0.39, 0.29) is 11.6 Å². The Balaban J connectivity index is 2.09. The van der Waals surface area contributed by atoms with Gasteiger partial charge < -0.3 is 4.74 Å². The molecule has 0 aromatic heterocycles. The van der Waals surface area contributed by atoms with Crippen molar-refractivity contribution in [3.05, 3.63) is 63.4 Å². The minimum Gasteiger partial charge on any atom is -0.492 e. The molecule has 2 aromatic rings. The summed E-state index contributed by atoms with van der Waals surface area (Å²) in [4.78, 5) is 12.6. The summed E-state index contributed by atoms with van der Waals surface area (Å²) in [6, 6.07) is 7.74. The number of fused-ring (bicyclic) bond motifs is 1. The maximum absolute atomic E-state index is 13.3. The Labute approximate surface area is 121 Å². The van der Waals surface area contributed by atoms with Crippen molar-refractivity contribution in [1.29, 1.82) is 0 Å². The van der Waals surface area contributed by atoms with E-state index >= 15 is 0 Å². The minimum absolute atomic E-state index is 0.200. The number of halogens is 2. The Morgan fingerprint density at radius 2 is 2.10 bits per heavy atom. The van der Waals surface area contributed by atoms with Crippen molar-refractivity contribution in [2.75, 3.05) is 6.61 Å². The zero-order valence-corrected chi connectivity index (χ0v) is 11.6. The largest absolute Gasteiger partial charge is 0.492 e. The number of ether oxygens (including phenoxy) is 1. The first kappa shape index (κ1) is 13.1. The Kier molecular flexibility index (Phi) is 3.22. The van der Waals surface area contributed by atoms with Crippen molar-refractivity contribution in [2.45, 2.75) is 13.3 Å². The van der Waals surface area contributed by atoms with E-state index in [1.807, 2.05) is 6.07 Å². The summed E-state index contributed by atoms with van der Waals surface area (Å²) in [6.45, 7) is 2.18. The molecule has 2 nitrogen and oxygen atoms in total. The summed E-state index contributed by atoms with van der Waals surface area (Å²) in [6.07, 6.45) is 0.749. The first-order chi connectivity index (χ1) is 9.56. The van der Waals surface area contributed by atoms with Gasteiger partial charge >= 0.3 is 0 Å². The molecule has 1 aliphatic rings. The highest BCUT2D eigenvalue weighted by atomic mass is 35.5. The zero-order chi connectivity index (χ0) is 14.3. The first-order valence-electron chi connectivity index (χ1n) is 6.32. The normalized spacial score (nSPS) is 12.9. The van der Waals surface area contributed by atoms with Gasteiger partial charge in [0.1, 0.15) is 11.6 Å². The molecule has 3 rings (SSSR count). The van der Waals surface area contributed by atoms with Crippen LogP contribution in [-0.4, -0.2) is 12.4 Å². The molecule has 1 heterocycles. The van der Waals surface area contributed by atoms with Gasteiger partial charge in [0.25, 0.3) is 0 Å². The van der Waals surface area contributed by atoms with E-state index in [2.05, 4.69) is 0 Å². The van der Waals surface area contributed by atoms with Crippen LogP contribution in [0.25, 0.3) is 0 Å². The molecule has 0 saturated heterocycles. The monoisotopic (exact) mass is 290 g/mol. The van der Waals surface area contributed by atoms with Gasteiger partial charge in [0.15, 0.2) is 5.78 Å². The van der Waals surface area contributed by atoms with Gasteiger partial charge in [-0.3, -0.25) is 4.79 Å². The van der Waals surface area contributed by atoms with Gasteiger partial charge in [0.05, 0.1) is 12.2 Å². The highest BCUT2D eigenvalue weighted by molar-refractivity contribution is 6.31. The van der Waals surface area contributed by atoms with Gasteiger partial charge in [-0.1, -0.05) is 11.6 Å². The average molecular weight is 291 g/mol. The third kappa shape index (κ3) is 2.18. The first-order valence-corrected chi connectivity index (χ1v) is 6.70. The SMILES string of the molecule is Cc1cc(C(=O)c2cc(Cl)cc3c2OCC3)ccc1F. The number of ketones is 1. The van der Waals surface area contributed by atoms with Crippen LogP contribution >= 0.6 is 11.6 Å². The van der Waals surface area contributed by atoms with Crippen molar-refractivity contribution < 1.29 is 13.9 Å². The molecule has 0 fully saturated rings. The Bertz CT molecular complexity index is 710. The predicted molar refractivity (Wildman–Crippen MR) is 75.2 cm³/mol. The molecule has 102 valence electrons. The van der Waals surface area contributed by atoms with Gasteiger partial charge in [0, 0.05) is 17.0 Å². The molecule has 1 aliphatic heterocycles. The lowest BCUT2D eigenvalue weighted by Gasteiger charge is -2.09. The minimum atomic E-state index is -0.325. The standard InChI is InChI=1S/C16H12ClFO2/c1-9-6-10(2-3-14(9)18)15(19)13-8-12(17)7-11-4-5-20-16(11)13/h2-3,6-8H,4-5H2,1H3. The van der Waals surface area contributed by atoms with Crippen molar-refractivity contribution in [1.82, 2.24) is 0 Å². The van der Waals surface area contributed by atoms with Crippen LogP contribution in [0.4, 0.5) is 4.39 Å².